The smallest absolute Gasteiger partial charge is 0.0718 e. The van der Waals surface area contributed by atoms with Crippen LogP contribution in [0.5, 0.6) is 0 Å². The van der Waals surface area contributed by atoms with E-state index in [2.05, 4.69) is 34.1 Å². The third-order valence-electron chi connectivity index (χ3n) is 4.04. The van der Waals surface area contributed by atoms with Crippen LogP contribution in [0.15, 0.2) is 72.5 Å². The lowest BCUT2D eigenvalue weighted by atomic mass is 11.2. The Morgan fingerprint density at radius 3 is 1.40 bits per heavy atom. The highest BCUT2D eigenvalue weighted by molar-refractivity contribution is 8.50. The lowest BCUT2D eigenvalue weighted by Crippen LogP contribution is -1.73. The van der Waals surface area contributed by atoms with Crippen LogP contribution in [0.3, 0.4) is 0 Å². The summed E-state index contributed by atoms with van der Waals surface area (Å²) < 4.78 is 17.5. The maximum atomic E-state index is 2.34. The molecule has 0 nitrogen and oxygen atoms in total. The number of hydrogen-bond donors (Lipinski definition) is 0. The Hall–Kier alpha value is 3.52. The Bertz CT molecular complexity index is 1150. The van der Waals surface area contributed by atoms with Gasteiger partial charge >= 0.3 is 0 Å². The van der Waals surface area contributed by atoms with Crippen molar-refractivity contribution in [1.29, 1.82) is 0 Å². The fourth-order valence-electron chi connectivity index (χ4n) is 2.60. The Morgan fingerprint density at radius 2 is 0.914 bits per heavy atom. The molecule has 6 aliphatic rings. The molecular weight excluding hydrogens is 741 g/mol. The first kappa shape index (κ1) is 28.6. The number of rotatable bonds is 6. The van der Waals surface area contributed by atoms with Crippen LogP contribution in [0.4, 0.5) is 0 Å². The van der Waals surface area contributed by atoms with Crippen molar-refractivity contribution < 1.29 is 0 Å². The van der Waals surface area contributed by atoms with Crippen LogP contribution >= 0.6 is 188 Å². The Kier molecular flexibility index (Phi) is 11.2. The van der Waals surface area contributed by atoms with Crippen LogP contribution in [0.1, 0.15) is 0 Å². The summed E-state index contributed by atoms with van der Waals surface area (Å²) in [6, 6.07) is 0. The molecule has 0 aromatic heterocycles. The molecule has 6 heterocycles. The van der Waals surface area contributed by atoms with Gasteiger partial charge in [-0.1, -0.05) is 141 Å². The Labute approximate surface area is 274 Å². The van der Waals surface area contributed by atoms with Crippen molar-refractivity contribution in [1.82, 2.24) is 0 Å². The topological polar surface area (TPSA) is 0 Å². The molecule has 0 saturated carbocycles. The fraction of sp³-hybridized carbons (Fsp3) is 0.158. The van der Waals surface area contributed by atoms with Crippen LogP contribution in [0, 0.1) is 0 Å². The van der Waals surface area contributed by atoms with Gasteiger partial charge < -0.3 is 0 Å². The summed E-state index contributed by atoms with van der Waals surface area (Å²) in [5, 5.41) is 10.1. The van der Waals surface area contributed by atoms with Crippen molar-refractivity contribution in [2.24, 2.45) is 0 Å². The van der Waals surface area contributed by atoms with E-state index in [1.54, 1.807) is 0 Å². The summed E-state index contributed by atoms with van der Waals surface area (Å²) >= 11 is 30.9. The van der Waals surface area contributed by atoms with E-state index >= 15 is 0 Å². The second-order valence-corrected chi connectivity index (χ2v) is 25.1. The lowest BCUT2D eigenvalue weighted by Gasteiger charge is -2.07. The number of thioether (sulfide) groups is 16. The quantitative estimate of drug-likeness (QED) is 0.236. The molecule has 0 bridgehead atoms. The normalized spacial score (nSPS) is 24.3. The number of hydrogen-bond acceptors (Lipinski definition) is 16. The average molecular weight is 753 g/mol. The predicted molar refractivity (Wildman–Crippen MR) is 199 cm³/mol. The summed E-state index contributed by atoms with van der Waals surface area (Å²) in [4.78, 5) is 0. The molecule has 6 aliphatic heterocycles. The minimum atomic E-state index is 1.07. The van der Waals surface area contributed by atoms with Gasteiger partial charge in [-0.25, -0.2) is 0 Å². The van der Waals surface area contributed by atoms with E-state index in [1.807, 2.05) is 188 Å². The van der Waals surface area contributed by atoms with Gasteiger partial charge in [0.15, 0.2) is 0 Å². The molecule has 0 spiro atoms. The SMILES string of the molecule is CSC1=C(SC)SC(=C2SC3=C(SC(=C4SC=C(SCSC5=CSC(=C6SC=CS6)S5)S4)S3)S2)S1. The first-order valence-corrected chi connectivity index (χ1v) is 23.9. The van der Waals surface area contributed by atoms with Gasteiger partial charge in [0.1, 0.15) is 0 Å². The molecule has 0 amide bonds. The Balaban J connectivity index is 0.968. The van der Waals surface area contributed by atoms with Crippen LogP contribution in [0.25, 0.3) is 0 Å². The van der Waals surface area contributed by atoms with Crippen LogP contribution < -0.4 is 0 Å². The summed E-state index contributed by atoms with van der Waals surface area (Å²) in [7, 11) is 0. The zero-order valence-electron chi connectivity index (χ0n) is 17.5. The van der Waals surface area contributed by atoms with Gasteiger partial charge in [-0.2, -0.15) is 0 Å². The maximum Gasteiger partial charge on any atom is 0.0718 e. The van der Waals surface area contributed by atoms with Crippen LogP contribution in [0.2, 0.25) is 0 Å². The molecule has 184 valence electrons. The maximum absolute atomic E-state index is 2.34. The predicted octanol–water partition coefficient (Wildman–Crippen LogP) is 13.7. The van der Waals surface area contributed by atoms with Gasteiger partial charge in [0, 0.05) is 5.08 Å². The van der Waals surface area contributed by atoms with Gasteiger partial charge in [0.25, 0.3) is 0 Å². The third kappa shape index (κ3) is 6.95. The van der Waals surface area contributed by atoms with E-state index in [9.17, 15) is 0 Å². The summed E-state index contributed by atoms with van der Waals surface area (Å²) in [5.41, 5.74) is 0. The van der Waals surface area contributed by atoms with E-state index < -0.39 is 0 Å². The lowest BCUT2D eigenvalue weighted by molar-refractivity contribution is 2.23. The average Bonchev–Trinajstić information content (AvgIpc) is 3.68. The monoisotopic (exact) mass is 752 g/mol. The molecule has 0 saturated heterocycles. The molecule has 0 aromatic rings. The molecule has 0 aliphatic carbocycles. The summed E-state index contributed by atoms with van der Waals surface area (Å²) in [6.45, 7) is 0. The standard InChI is InChI=1S/C19H12S16/c1-20-10-11(21-2)31-16(30-10)17-34-18-19(35-17)33-15(32-18)14-25-6-9(29-14)27-7-26-8-5-24-13(28-8)12-22-3-4-23-12/h3-6H,7H2,1-2H3. The van der Waals surface area contributed by atoms with Gasteiger partial charge in [0.2, 0.25) is 0 Å². The van der Waals surface area contributed by atoms with Crippen molar-refractivity contribution in [2.75, 3.05) is 17.6 Å². The van der Waals surface area contributed by atoms with Gasteiger partial charge in [0.05, 0.1) is 50.8 Å². The summed E-state index contributed by atoms with van der Waals surface area (Å²) in [5.74, 6) is 0. The van der Waals surface area contributed by atoms with Crippen LogP contribution in [-0.4, -0.2) is 17.6 Å². The largest absolute Gasteiger partial charge is 0.121 e. The first-order valence-electron chi connectivity index (χ1n) is 9.40. The first-order chi connectivity index (χ1) is 17.2. The molecule has 0 radical (unpaired) electrons. The minimum Gasteiger partial charge on any atom is -0.121 e. The molecule has 35 heavy (non-hydrogen) atoms. The fourth-order valence-corrected chi connectivity index (χ4v) is 24.7. The van der Waals surface area contributed by atoms with E-state index in [4.69, 9.17) is 0 Å². The summed E-state index contributed by atoms with van der Waals surface area (Å²) in [6.07, 6.45) is 4.37. The van der Waals surface area contributed by atoms with Gasteiger partial charge in [-0.3, -0.25) is 0 Å². The molecule has 0 unspecified atom stereocenters. The van der Waals surface area contributed by atoms with Crippen molar-refractivity contribution in [3.8, 4) is 0 Å². The van der Waals surface area contributed by atoms with E-state index in [-0.39, 0.29) is 0 Å². The van der Waals surface area contributed by atoms with Gasteiger partial charge in [-0.15, -0.1) is 47.0 Å². The molecule has 0 N–H and O–H groups in total. The molecule has 16 heteroatoms. The van der Waals surface area contributed by atoms with Gasteiger partial charge in [-0.05, 0) is 34.1 Å². The van der Waals surface area contributed by atoms with E-state index in [0.717, 1.165) is 5.08 Å². The van der Waals surface area contributed by atoms with Crippen molar-refractivity contribution >= 4 is 188 Å². The van der Waals surface area contributed by atoms with Crippen molar-refractivity contribution in [2.45, 2.75) is 0 Å². The van der Waals surface area contributed by atoms with Crippen molar-refractivity contribution in [3.05, 3.63) is 72.5 Å². The minimum absolute atomic E-state index is 1.07. The molecule has 0 fully saturated rings. The third-order valence-corrected chi connectivity index (χ3v) is 26.2. The highest BCUT2D eigenvalue weighted by atomic mass is 32.3. The molecule has 0 aromatic carbocycles. The molecular formula is C19H12S16. The van der Waals surface area contributed by atoms with E-state index in [1.165, 1.54) is 50.8 Å². The van der Waals surface area contributed by atoms with E-state index in [0.29, 0.717) is 0 Å². The Morgan fingerprint density at radius 1 is 0.486 bits per heavy atom. The molecule has 0 atom stereocenters. The van der Waals surface area contributed by atoms with Crippen LogP contribution in [-0.2, 0) is 0 Å². The zero-order valence-corrected chi connectivity index (χ0v) is 30.6. The second-order valence-electron chi connectivity index (χ2n) is 6.12. The van der Waals surface area contributed by atoms with Crippen molar-refractivity contribution in [3.63, 3.8) is 0 Å². The highest BCUT2D eigenvalue weighted by Crippen LogP contribution is 2.72. The zero-order chi connectivity index (χ0) is 23.8. The second kappa shape index (κ2) is 13.7. The molecule has 6 rings (SSSR count). The highest BCUT2D eigenvalue weighted by Gasteiger charge is 2.36.